The quantitative estimate of drug-likeness (QED) is 0.708. The predicted octanol–water partition coefficient (Wildman–Crippen LogP) is 4.47. The molecule has 0 spiro atoms. The molecule has 0 saturated carbocycles. The van der Waals surface area contributed by atoms with Crippen molar-refractivity contribution in [1.82, 2.24) is 4.90 Å². The fourth-order valence-corrected chi connectivity index (χ4v) is 3.40. The number of carbonyl (C=O) groups is 1. The first kappa shape index (κ1) is 20.1. The summed E-state index contributed by atoms with van der Waals surface area (Å²) < 4.78 is 17.1. The van der Waals surface area contributed by atoms with Gasteiger partial charge in [0.05, 0.1) is 19.3 Å². The van der Waals surface area contributed by atoms with E-state index in [0.717, 1.165) is 29.2 Å². The van der Waals surface area contributed by atoms with Crippen LogP contribution in [0, 0.1) is 0 Å². The van der Waals surface area contributed by atoms with Gasteiger partial charge in [-0.15, -0.1) is 0 Å². The molecule has 0 unspecified atom stereocenters. The molecule has 1 amide bonds. The van der Waals surface area contributed by atoms with Gasteiger partial charge in [-0.3, -0.25) is 4.79 Å². The number of hydrogen-bond donors (Lipinski definition) is 0. The summed E-state index contributed by atoms with van der Waals surface area (Å²) in [6, 6.07) is 11.4. The van der Waals surface area contributed by atoms with Crippen molar-refractivity contribution in [2.24, 2.45) is 0 Å². The maximum Gasteiger partial charge on any atom is 0.254 e. The predicted molar refractivity (Wildman–Crippen MR) is 109 cm³/mol. The van der Waals surface area contributed by atoms with Gasteiger partial charge in [0.2, 0.25) is 0 Å². The molecular weight excluding hydrogens is 354 g/mol. The van der Waals surface area contributed by atoms with Gasteiger partial charge in [0.15, 0.2) is 11.5 Å². The lowest BCUT2D eigenvalue weighted by molar-refractivity contribution is 0.0734. The molecular formula is C23H29NO4. The lowest BCUT2D eigenvalue weighted by Gasteiger charge is -2.30. The topological polar surface area (TPSA) is 48.0 Å². The van der Waals surface area contributed by atoms with Crippen LogP contribution < -0.4 is 14.2 Å². The van der Waals surface area contributed by atoms with Crippen LogP contribution in [-0.4, -0.2) is 36.7 Å². The molecule has 3 rings (SSSR count). The molecule has 5 nitrogen and oxygen atoms in total. The maximum atomic E-state index is 13.0. The van der Waals surface area contributed by atoms with Crippen molar-refractivity contribution in [2.75, 3.05) is 19.8 Å². The van der Waals surface area contributed by atoms with Crippen molar-refractivity contribution in [2.45, 2.75) is 46.8 Å². The van der Waals surface area contributed by atoms with Crippen molar-refractivity contribution in [1.29, 1.82) is 0 Å². The molecule has 2 aromatic carbocycles. The first-order valence-electron chi connectivity index (χ1n) is 9.99. The van der Waals surface area contributed by atoms with Gasteiger partial charge in [0.1, 0.15) is 5.75 Å². The van der Waals surface area contributed by atoms with Crippen LogP contribution in [-0.2, 0) is 13.0 Å². The Balaban J connectivity index is 1.76. The first-order valence-corrected chi connectivity index (χ1v) is 9.99. The van der Waals surface area contributed by atoms with Crippen molar-refractivity contribution in [3.63, 3.8) is 0 Å². The van der Waals surface area contributed by atoms with Crippen LogP contribution in [0.2, 0.25) is 0 Å². The van der Waals surface area contributed by atoms with E-state index in [1.807, 2.05) is 62.9 Å². The summed E-state index contributed by atoms with van der Waals surface area (Å²) in [7, 11) is 0. The molecule has 0 N–H and O–H groups in total. The van der Waals surface area contributed by atoms with Gasteiger partial charge in [0.25, 0.3) is 5.91 Å². The summed E-state index contributed by atoms with van der Waals surface area (Å²) in [5.74, 6) is 2.34. The molecule has 0 fully saturated rings. The molecule has 1 heterocycles. The average molecular weight is 383 g/mol. The summed E-state index contributed by atoms with van der Waals surface area (Å²) in [6.07, 6.45) is 0.920. The lowest BCUT2D eigenvalue weighted by Crippen LogP contribution is -2.36. The van der Waals surface area contributed by atoms with Crippen LogP contribution in [0.5, 0.6) is 17.2 Å². The van der Waals surface area contributed by atoms with Crippen molar-refractivity contribution < 1.29 is 19.0 Å². The Hall–Kier alpha value is -2.69. The fraction of sp³-hybridized carbons (Fsp3) is 0.435. The molecule has 0 radical (unpaired) electrons. The van der Waals surface area contributed by atoms with Gasteiger partial charge < -0.3 is 19.1 Å². The van der Waals surface area contributed by atoms with Crippen molar-refractivity contribution in [3.05, 3.63) is 53.1 Å². The maximum absolute atomic E-state index is 13.0. The Morgan fingerprint density at radius 1 is 1.00 bits per heavy atom. The highest BCUT2D eigenvalue weighted by Crippen LogP contribution is 2.34. The smallest absolute Gasteiger partial charge is 0.254 e. The summed E-state index contributed by atoms with van der Waals surface area (Å²) in [4.78, 5) is 14.8. The Bertz CT molecular complexity index is 814. The highest BCUT2D eigenvalue weighted by Gasteiger charge is 2.24. The zero-order chi connectivity index (χ0) is 20.1. The van der Waals surface area contributed by atoms with Crippen LogP contribution >= 0.6 is 0 Å². The van der Waals surface area contributed by atoms with E-state index in [-0.39, 0.29) is 12.0 Å². The molecule has 28 heavy (non-hydrogen) atoms. The number of hydrogen-bond acceptors (Lipinski definition) is 4. The Kier molecular flexibility index (Phi) is 6.45. The largest absolute Gasteiger partial charge is 0.491 e. The summed E-state index contributed by atoms with van der Waals surface area (Å²) in [5.41, 5.74) is 3.01. The molecule has 0 aliphatic carbocycles. The second-order valence-corrected chi connectivity index (χ2v) is 7.10. The van der Waals surface area contributed by atoms with E-state index >= 15 is 0 Å². The number of rotatable bonds is 7. The van der Waals surface area contributed by atoms with E-state index in [0.29, 0.717) is 31.9 Å². The van der Waals surface area contributed by atoms with Crippen LogP contribution in [0.25, 0.3) is 0 Å². The monoisotopic (exact) mass is 383 g/mol. The molecule has 0 bridgehead atoms. The third kappa shape index (κ3) is 4.58. The van der Waals surface area contributed by atoms with E-state index in [9.17, 15) is 4.79 Å². The van der Waals surface area contributed by atoms with E-state index in [2.05, 4.69) is 6.07 Å². The third-order valence-electron chi connectivity index (χ3n) is 4.64. The zero-order valence-electron chi connectivity index (χ0n) is 17.2. The Morgan fingerprint density at radius 3 is 2.18 bits per heavy atom. The summed E-state index contributed by atoms with van der Waals surface area (Å²) in [6.45, 7) is 10.3. The van der Waals surface area contributed by atoms with Gasteiger partial charge in [0, 0.05) is 18.7 Å². The van der Waals surface area contributed by atoms with Crippen molar-refractivity contribution >= 4 is 5.91 Å². The highest BCUT2D eigenvalue weighted by atomic mass is 16.5. The van der Waals surface area contributed by atoms with Crippen LogP contribution in [0.1, 0.15) is 49.2 Å². The Morgan fingerprint density at radius 2 is 1.61 bits per heavy atom. The standard InChI is InChI=1S/C23H29NO4/c1-5-26-21-13-18-11-12-24(15-19(18)14-22(21)27-6-2)23(25)17-7-9-20(10-8-17)28-16(3)4/h7-10,13-14,16H,5-6,11-12,15H2,1-4H3. The number of amides is 1. The minimum Gasteiger partial charge on any atom is -0.491 e. The highest BCUT2D eigenvalue weighted by molar-refractivity contribution is 5.94. The third-order valence-corrected chi connectivity index (χ3v) is 4.64. The van der Waals surface area contributed by atoms with E-state index < -0.39 is 0 Å². The van der Waals surface area contributed by atoms with Gasteiger partial charge >= 0.3 is 0 Å². The van der Waals surface area contributed by atoms with Crippen LogP contribution in [0.15, 0.2) is 36.4 Å². The molecule has 0 atom stereocenters. The molecule has 0 aromatic heterocycles. The second-order valence-electron chi connectivity index (χ2n) is 7.10. The lowest BCUT2D eigenvalue weighted by atomic mass is 9.98. The number of nitrogens with zero attached hydrogens (tertiary/aromatic N) is 1. The van der Waals surface area contributed by atoms with E-state index in [4.69, 9.17) is 14.2 Å². The van der Waals surface area contributed by atoms with Crippen molar-refractivity contribution in [3.8, 4) is 17.2 Å². The molecule has 5 heteroatoms. The van der Waals surface area contributed by atoms with Gasteiger partial charge in [-0.25, -0.2) is 0 Å². The van der Waals surface area contributed by atoms with Crippen LogP contribution in [0.3, 0.4) is 0 Å². The number of ether oxygens (including phenoxy) is 3. The fourth-order valence-electron chi connectivity index (χ4n) is 3.40. The van der Waals surface area contributed by atoms with Gasteiger partial charge in [-0.05, 0) is 81.6 Å². The molecule has 1 aliphatic heterocycles. The van der Waals surface area contributed by atoms with Crippen LogP contribution in [0.4, 0.5) is 0 Å². The summed E-state index contributed by atoms with van der Waals surface area (Å²) >= 11 is 0. The normalized spacial score (nSPS) is 13.2. The number of benzene rings is 2. The minimum atomic E-state index is 0.0357. The first-order chi connectivity index (χ1) is 13.5. The Labute approximate surface area is 167 Å². The molecule has 1 aliphatic rings. The van der Waals surface area contributed by atoms with E-state index in [1.165, 1.54) is 5.56 Å². The zero-order valence-corrected chi connectivity index (χ0v) is 17.2. The van der Waals surface area contributed by atoms with E-state index in [1.54, 1.807) is 0 Å². The number of fused-ring (bicyclic) bond motifs is 1. The minimum absolute atomic E-state index is 0.0357. The molecule has 2 aromatic rings. The molecule has 0 saturated heterocycles. The molecule has 150 valence electrons. The number of carbonyl (C=O) groups excluding carboxylic acids is 1. The van der Waals surface area contributed by atoms with Gasteiger partial charge in [-0.1, -0.05) is 0 Å². The SMILES string of the molecule is CCOc1cc2c(cc1OCC)CN(C(=O)c1ccc(OC(C)C)cc1)CC2. The summed E-state index contributed by atoms with van der Waals surface area (Å²) in [5, 5.41) is 0. The average Bonchev–Trinajstić information content (AvgIpc) is 2.68. The van der Waals surface area contributed by atoms with Gasteiger partial charge in [-0.2, -0.15) is 0 Å². The second kappa shape index (κ2) is 9.00.